The van der Waals surface area contributed by atoms with E-state index in [1.807, 2.05) is 44.2 Å². The molecule has 0 fully saturated rings. The average Bonchev–Trinajstić information content (AvgIpc) is 2.29. The van der Waals surface area contributed by atoms with E-state index in [1.165, 1.54) is 0 Å². The molecule has 88 valence electrons. The van der Waals surface area contributed by atoms with Gasteiger partial charge in [-0.25, -0.2) is 4.79 Å². The van der Waals surface area contributed by atoms with Gasteiger partial charge in [-0.15, -0.1) is 0 Å². The summed E-state index contributed by atoms with van der Waals surface area (Å²) < 4.78 is 0. The lowest BCUT2D eigenvalue weighted by molar-refractivity contribution is 0.172. The third kappa shape index (κ3) is 2.97. The van der Waals surface area contributed by atoms with Crippen molar-refractivity contribution >= 4 is 11.7 Å². The van der Waals surface area contributed by atoms with Crippen molar-refractivity contribution in [3.05, 3.63) is 30.3 Å². The number of rotatable bonds is 3. The number of anilines is 1. The Bertz CT molecular complexity index is 349. The highest BCUT2D eigenvalue weighted by atomic mass is 16.2. The number of likely N-dealkylation sites (N-methyl/N-ethyl adjacent to an activating group) is 1. The van der Waals surface area contributed by atoms with Gasteiger partial charge in [0.25, 0.3) is 0 Å². The molecule has 4 nitrogen and oxygen atoms in total. The summed E-state index contributed by atoms with van der Waals surface area (Å²) in [6.45, 7) is 4.28. The topological polar surface area (TPSA) is 58.4 Å². The van der Waals surface area contributed by atoms with Crippen LogP contribution in [0.4, 0.5) is 10.5 Å². The van der Waals surface area contributed by atoms with Crippen LogP contribution < -0.4 is 11.1 Å². The molecule has 3 N–H and O–H groups in total. The number of urea groups is 1. The predicted octanol–water partition coefficient (Wildman–Crippen LogP) is 1.89. The second-order valence-corrected chi connectivity index (χ2v) is 4.37. The lowest BCUT2D eigenvalue weighted by Crippen LogP contribution is -2.51. The SMILES string of the molecule is CN(C(=O)Nc1ccccc1)C(C)(C)CN. The van der Waals surface area contributed by atoms with Crippen LogP contribution in [0.1, 0.15) is 13.8 Å². The number of nitrogens with one attached hydrogen (secondary N) is 1. The Morgan fingerprint density at radius 3 is 2.44 bits per heavy atom. The Morgan fingerprint density at radius 1 is 1.38 bits per heavy atom. The summed E-state index contributed by atoms with van der Waals surface area (Å²) in [7, 11) is 1.74. The van der Waals surface area contributed by atoms with Crippen LogP contribution in [0.25, 0.3) is 0 Å². The minimum Gasteiger partial charge on any atom is -0.328 e. The maximum atomic E-state index is 11.9. The molecule has 2 amide bonds. The molecule has 1 aromatic rings. The molecule has 0 aliphatic rings. The standard InChI is InChI=1S/C12H19N3O/c1-12(2,9-13)15(3)11(16)14-10-7-5-4-6-8-10/h4-8H,9,13H2,1-3H3,(H,14,16). The number of hydrogen-bond acceptors (Lipinski definition) is 2. The minimum atomic E-state index is -0.348. The molecule has 0 saturated carbocycles. The highest BCUT2D eigenvalue weighted by molar-refractivity contribution is 5.89. The zero-order valence-electron chi connectivity index (χ0n) is 10.0. The van der Waals surface area contributed by atoms with Crippen LogP contribution in [0.2, 0.25) is 0 Å². The van der Waals surface area contributed by atoms with E-state index in [1.54, 1.807) is 11.9 Å². The van der Waals surface area contributed by atoms with E-state index >= 15 is 0 Å². The van der Waals surface area contributed by atoms with Crippen molar-refractivity contribution in [1.29, 1.82) is 0 Å². The van der Waals surface area contributed by atoms with Crippen LogP contribution in [0.3, 0.4) is 0 Å². The van der Waals surface area contributed by atoms with E-state index in [9.17, 15) is 4.79 Å². The van der Waals surface area contributed by atoms with Gasteiger partial charge in [-0.3, -0.25) is 0 Å². The number of nitrogens with zero attached hydrogens (tertiary/aromatic N) is 1. The van der Waals surface area contributed by atoms with Crippen LogP contribution in [-0.4, -0.2) is 30.1 Å². The van der Waals surface area contributed by atoms with Crippen LogP contribution in [0.5, 0.6) is 0 Å². The summed E-state index contributed by atoms with van der Waals surface area (Å²) in [4.78, 5) is 13.5. The molecule has 0 atom stereocenters. The van der Waals surface area contributed by atoms with E-state index in [4.69, 9.17) is 5.73 Å². The van der Waals surface area contributed by atoms with Crippen molar-refractivity contribution in [2.24, 2.45) is 5.73 Å². The molecule has 0 aliphatic heterocycles. The van der Waals surface area contributed by atoms with Crippen LogP contribution in [0, 0.1) is 0 Å². The third-order valence-electron chi connectivity index (χ3n) is 2.74. The molecular formula is C12H19N3O. The number of para-hydroxylation sites is 1. The minimum absolute atomic E-state index is 0.151. The van der Waals surface area contributed by atoms with Crippen molar-refractivity contribution in [1.82, 2.24) is 4.90 Å². The molecule has 0 aliphatic carbocycles. The lowest BCUT2D eigenvalue weighted by Gasteiger charge is -2.34. The van der Waals surface area contributed by atoms with Gasteiger partial charge in [-0.2, -0.15) is 0 Å². The molecule has 0 radical (unpaired) electrons. The molecule has 0 aromatic heterocycles. The Labute approximate surface area is 96.4 Å². The molecule has 0 spiro atoms. The van der Waals surface area contributed by atoms with Gasteiger partial charge in [0.1, 0.15) is 0 Å². The van der Waals surface area contributed by atoms with Gasteiger partial charge in [0.15, 0.2) is 0 Å². The van der Waals surface area contributed by atoms with Gasteiger partial charge in [0.2, 0.25) is 0 Å². The average molecular weight is 221 g/mol. The molecular weight excluding hydrogens is 202 g/mol. The summed E-state index contributed by atoms with van der Waals surface area (Å²) in [5.74, 6) is 0. The molecule has 0 bridgehead atoms. The number of carbonyl (C=O) groups excluding carboxylic acids is 1. The summed E-state index contributed by atoms with van der Waals surface area (Å²) in [5.41, 5.74) is 6.05. The Balaban J connectivity index is 2.66. The number of benzene rings is 1. The van der Waals surface area contributed by atoms with E-state index in [0.29, 0.717) is 6.54 Å². The van der Waals surface area contributed by atoms with E-state index in [0.717, 1.165) is 5.69 Å². The molecule has 1 aromatic carbocycles. The maximum absolute atomic E-state index is 11.9. The van der Waals surface area contributed by atoms with Crippen molar-refractivity contribution in [3.8, 4) is 0 Å². The van der Waals surface area contributed by atoms with Gasteiger partial charge in [0.05, 0.1) is 5.54 Å². The Kier molecular flexibility index (Phi) is 3.90. The fraction of sp³-hybridized carbons (Fsp3) is 0.417. The third-order valence-corrected chi connectivity index (χ3v) is 2.74. The van der Waals surface area contributed by atoms with Gasteiger partial charge in [-0.05, 0) is 26.0 Å². The smallest absolute Gasteiger partial charge is 0.322 e. The molecule has 0 unspecified atom stereocenters. The van der Waals surface area contributed by atoms with Gasteiger partial charge >= 0.3 is 6.03 Å². The van der Waals surface area contributed by atoms with Crippen molar-refractivity contribution < 1.29 is 4.79 Å². The van der Waals surface area contributed by atoms with Crippen molar-refractivity contribution in [2.75, 3.05) is 18.9 Å². The number of nitrogens with two attached hydrogens (primary N) is 1. The first-order valence-corrected chi connectivity index (χ1v) is 5.27. The van der Waals surface area contributed by atoms with Crippen LogP contribution in [-0.2, 0) is 0 Å². The molecule has 16 heavy (non-hydrogen) atoms. The van der Waals surface area contributed by atoms with Gasteiger partial charge in [0, 0.05) is 19.3 Å². The Morgan fingerprint density at radius 2 is 1.94 bits per heavy atom. The summed E-state index contributed by atoms with van der Waals surface area (Å²) in [6, 6.07) is 9.21. The van der Waals surface area contributed by atoms with Gasteiger partial charge in [-0.1, -0.05) is 18.2 Å². The lowest BCUT2D eigenvalue weighted by atomic mass is 10.1. The van der Waals surface area contributed by atoms with Crippen molar-refractivity contribution in [2.45, 2.75) is 19.4 Å². The van der Waals surface area contributed by atoms with Crippen LogP contribution >= 0.6 is 0 Å². The second kappa shape index (κ2) is 4.99. The summed E-state index contributed by atoms with van der Waals surface area (Å²) >= 11 is 0. The number of amides is 2. The van der Waals surface area contributed by atoms with Gasteiger partial charge < -0.3 is 16.0 Å². The highest BCUT2D eigenvalue weighted by Crippen LogP contribution is 2.13. The highest BCUT2D eigenvalue weighted by Gasteiger charge is 2.25. The second-order valence-electron chi connectivity index (χ2n) is 4.37. The molecule has 0 heterocycles. The fourth-order valence-electron chi connectivity index (χ4n) is 1.14. The predicted molar refractivity (Wildman–Crippen MR) is 66.4 cm³/mol. The Hall–Kier alpha value is -1.55. The molecule has 4 heteroatoms. The van der Waals surface area contributed by atoms with E-state index in [-0.39, 0.29) is 11.6 Å². The zero-order chi connectivity index (χ0) is 12.2. The first-order chi connectivity index (χ1) is 7.47. The maximum Gasteiger partial charge on any atom is 0.322 e. The first-order valence-electron chi connectivity index (χ1n) is 5.27. The summed E-state index contributed by atoms with van der Waals surface area (Å²) in [6.07, 6.45) is 0. The van der Waals surface area contributed by atoms with Crippen molar-refractivity contribution in [3.63, 3.8) is 0 Å². The van der Waals surface area contributed by atoms with Crippen LogP contribution in [0.15, 0.2) is 30.3 Å². The number of hydrogen-bond donors (Lipinski definition) is 2. The molecule has 0 saturated heterocycles. The fourth-order valence-corrected chi connectivity index (χ4v) is 1.14. The monoisotopic (exact) mass is 221 g/mol. The quantitative estimate of drug-likeness (QED) is 0.818. The first kappa shape index (κ1) is 12.5. The largest absolute Gasteiger partial charge is 0.328 e. The van der Waals surface area contributed by atoms with E-state index in [2.05, 4.69) is 5.32 Å². The number of carbonyl (C=O) groups is 1. The zero-order valence-corrected chi connectivity index (χ0v) is 10.0. The molecule has 1 rings (SSSR count). The van der Waals surface area contributed by atoms with E-state index < -0.39 is 0 Å². The normalized spacial score (nSPS) is 11.0. The summed E-state index contributed by atoms with van der Waals surface area (Å²) in [5, 5.41) is 2.81.